The van der Waals surface area contributed by atoms with Crippen LogP contribution in [0.25, 0.3) is 44.4 Å². The van der Waals surface area contributed by atoms with E-state index in [0.717, 1.165) is 39.6 Å². The lowest BCUT2D eigenvalue weighted by atomic mass is 9.97. The molecule has 7 heteroatoms. The van der Waals surface area contributed by atoms with Crippen molar-refractivity contribution in [3.05, 3.63) is 120 Å². The van der Waals surface area contributed by atoms with Crippen LogP contribution in [0.4, 0.5) is 0 Å². The van der Waals surface area contributed by atoms with Gasteiger partial charge in [-0.15, -0.1) is 23.5 Å². The van der Waals surface area contributed by atoms with Gasteiger partial charge in [-0.1, -0.05) is 38.1 Å². The summed E-state index contributed by atoms with van der Waals surface area (Å²) >= 11 is 3.61. The van der Waals surface area contributed by atoms with Crippen molar-refractivity contribution in [3.8, 4) is 34.1 Å². The number of thioether (sulfide) groups is 2. The van der Waals surface area contributed by atoms with Crippen molar-refractivity contribution in [3.63, 3.8) is 0 Å². The molecule has 0 saturated carbocycles. The number of pyridine rings is 1. The molecule has 0 radical (unpaired) electrons. The summed E-state index contributed by atoms with van der Waals surface area (Å²) in [7, 11) is 0. The zero-order valence-corrected chi connectivity index (χ0v) is 29.5. The second-order valence-electron chi connectivity index (χ2n) is 12.2. The fourth-order valence-electron chi connectivity index (χ4n) is 6.47. The van der Waals surface area contributed by atoms with Gasteiger partial charge in [0, 0.05) is 56.2 Å². The predicted molar refractivity (Wildman–Crippen MR) is 200 cm³/mol. The van der Waals surface area contributed by atoms with Crippen LogP contribution in [0.5, 0.6) is 11.5 Å². The number of hydrogen-bond acceptors (Lipinski definition) is 5. The number of para-hydroxylation sites is 1. The molecule has 5 nitrogen and oxygen atoms in total. The van der Waals surface area contributed by atoms with Crippen molar-refractivity contribution in [2.45, 2.75) is 50.3 Å². The fraction of sp³-hybridized carbons (Fsp3) is 0.200. The third kappa shape index (κ3) is 5.51. The first-order valence-corrected chi connectivity index (χ1v) is 18.3. The SMILES string of the molecule is CSc1c(C)c(C)c(C)c(SC)c1-c1cnn(-c2cccc(Oc3ccc4c5ccccc5n(-c5cc(C(C)C)ccn5)c4c3)c2)c1. The van der Waals surface area contributed by atoms with E-state index in [4.69, 9.17) is 14.8 Å². The van der Waals surface area contributed by atoms with Crippen molar-refractivity contribution in [1.82, 2.24) is 19.3 Å². The van der Waals surface area contributed by atoms with Crippen LogP contribution in [0.15, 0.2) is 107 Å². The molecule has 3 aromatic heterocycles. The van der Waals surface area contributed by atoms with Crippen molar-refractivity contribution >= 4 is 45.3 Å². The average Bonchev–Trinajstić information content (AvgIpc) is 3.70. The Morgan fingerprint density at radius 2 is 1.45 bits per heavy atom. The molecule has 0 atom stereocenters. The van der Waals surface area contributed by atoms with Crippen molar-refractivity contribution in [1.29, 1.82) is 0 Å². The quantitative estimate of drug-likeness (QED) is 0.153. The van der Waals surface area contributed by atoms with Gasteiger partial charge < -0.3 is 4.74 Å². The molecule has 4 aromatic carbocycles. The highest BCUT2D eigenvalue weighted by Gasteiger charge is 2.20. The van der Waals surface area contributed by atoms with E-state index in [9.17, 15) is 0 Å². The first kappa shape index (κ1) is 31.2. The van der Waals surface area contributed by atoms with Crippen LogP contribution < -0.4 is 4.74 Å². The summed E-state index contributed by atoms with van der Waals surface area (Å²) in [6.07, 6.45) is 10.3. The number of benzene rings is 4. The Hall–Kier alpha value is -4.46. The minimum Gasteiger partial charge on any atom is -0.457 e. The van der Waals surface area contributed by atoms with Crippen LogP contribution in [0.1, 0.15) is 42.0 Å². The molecule has 0 saturated heterocycles. The highest BCUT2D eigenvalue weighted by Crippen LogP contribution is 2.44. The van der Waals surface area contributed by atoms with Gasteiger partial charge in [-0.2, -0.15) is 5.10 Å². The zero-order chi connectivity index (χ0) is 32.8. The Morgan fingerprint density at radius 1 is 0.723 bits per heavy atom. The number of rotatable bonds is 8. The average molecular weight is 655 g/mol. The van der Waals surface area contributed by atoms with Gasteiger partial charge in [0.2, 0.25) is 0 Å². The normalized spacial score (nSPS) is 11.7. The lowest BCUT2D eigenvalue weighted by molar-refractivity contribution is 0.483. The molecule has 7 aromatic rings. The van der Waals surface area contributed by atoms with Gasteiger partial charge in [-0.3, -0.25) is 4.57 Å². The molecule has 0 spiro atoms. The Kier molecular flexibility index (Phi) is 8.37. The molecule has 0 aliphatic rings. The summed E-state index contributed by atoms with van der Waals surface area (Å²) in [6.45, 7) is 11.1. The minimum absolute atomic E-state index is 0.409. The highest BCUT2D eigenvalue weighted by molar-refractivity contribution is 7.99. The van der Waals surface area contributed by atoms with Crippen molar-refractivity contribution in [2.75, 3.05) is 12.5 Å². The van der Waals surface area contributed by atoms with E-state index in [0.29, 0.717) is 5.92 Å². The molecule has 7 rings (SSSR count). The van der Waals surface area contributed by atoms with Crippen LogP contribution in [0.3, 0.4) is 0 Å². The van der Waals surface area contributed by atoms with E-state index in [-0.39, 0.29) is 0 Å². The van der Waals surface area contributed by atoms with Gasteiger partial charge in [0.25, 0.3) is 0 Å². The third-order valence-corrected chi connectivity index (χ3v) is 11.0. The Bertz CT molecular complexity index is 2250. The summed E-state index contributed by atoms with van der Waals surface area (Å²) < 4.78 is 10.7. The summed E-state index contributed by atoms with van der Waals surface area (Å²) in [5.41, 5.74) is 10.8. The van der Waals surface area contributed by atoms with E-state index in [1.54, 1.807) is 23.5 Å². The van der Waals surface area contributed by atoms with Crippen LogP contribution >= 0.6 is 23.5 Å². The monoisotopic (exact) mass is 654 g/mol. The third-order valence-electron chi connectivity index (χ3n) is 9.17. The molecule has 0 aliphatic heterocycles. The molecule has 236 valence electrons. The minimum atomic E-state index is 0.409. The zero-order valence-electron chi connectivity index (χ0n) is 27.8. The van der Waals surface area contributed by atoms with Crippen LogP contribution in [-0.2, 0) is 0 Å². The van der Waals surface area contributed by atoms with Crippen LogP contribution in [0, 0.1) is 20.8 Å². The number of ether oxygens (including phenoxy) is 1. The maximum atomic E-state index is 6.53. The van der Waals surface area contributed by atoms with Gasteiger partial charge in [0.05, 0.1) is 22.9 Å². The molecular formula is C40H38N4OS2. The summed E-state index contributed by atoms with van der Waals surface area (Å²) in [6, 6.07) is 27.2. The Balaban J connectivity index is 1.26. The number of nitrogens with zero attached hydrogens (tertiary/aromatic N) is 4. The molecule has 0 unspecified atom stereocenters. The van der Waals surface area contributed by atoms with Crippen LogP contribution in [0.2, 0.25) is 0 Å². The van der Waals surface area contributed by atoms with Crippen molar-refractivity contribution in [2.24, 2.45) is 0 Å². The molecule has 3 heterocycles. The molecule has 0 amide bonds. The van der Waals surface area contributed by atoms with Gasteiger partial charge in [0.15, 0.2) is 0 Å². The highest BCUT2D eigenvalue weighted by atomic mass is 32.2. The summed E-state index contributed by atoms with van der Waals surface area (Å²) in [4.78, 5) is 7.42. The van der Waals surface area contributed by atoms with E-state index in [1.807, 2.05) is 41.3 Å². The lowest BCUT2D eigenvalue weighted by Gasteiger charge is -2.19. The molecular weight excluding hydrogens is 617 g/mol. The molecule has 0 bridgehead atoms. The van der Waals surface area contributed by atoms with Gasteiger partial charge >= 0.3 is 0 Å². The Morgan fingerprint density at radius 3 is 2.19 bits per heavy atom. The summed E-state index contributed by atoms with van der Waals surface area (Å²) in [5, 5.41) is 7.16. The van der Waals surface area contributed by atoms with Crippen molar-refractivity contribution < 1.29 is 4.74 Å². The molecule has 0 aliphatic carbocycles. The first-order valence-electron chi connectivity index (χ1n) is 15.8. The second kappa shape index (κ2) is 12.6. The largest absolute Gasteiger partial charge is 0.457 e. The lowest BCUT2D eigenvalue weighted by Crippen LogP contribution is -1.99. The number of fused-ring (bicyclic) bond motifs is 3. The first-order chi connectivity index (χ1) is 22.8. The molecule has 0 N–H and O–H groups in total. The molecule has 47 heavy (non-hydrogen) atoms. The standard InChI is InChI=1S/C40H38N4OS2/c1-24(2)28-17-18-41-37(19-28)44-35-14-9-8-13-33(35)34-16-15-32(21-36(34)44)45-31-12-10-11-30(20-31)43-23-29(22-42-43)38-39(46-6)26(4)25(3)27(5)40(38)47-7/h8-24H,1-7H3. The Labute approximate surface area is 285 Å². The number of hydrogen-bond donors (Lipinski definition) is 0. The van der Waals surface area contributed by atoms with E-state index >= 15 is 0 Å². The maximum absolute atomic E-state index is 6.53. The van der Waals surface area contributed by atoms with Gasteiger partial charge in [-0.05, 0) is 104 Å². The predicted octanol–water partition coefficient (Wildman–Crippen LogP) is 11.3. The smallest absolute Gasteiger partial charge is 0.137 e. The molecule has 0 fully saturated rings. The summed E-state index contributed by atoms with van der Waals surface area (Å²) in [5.74, 6) is 2.83. The van der Waals surface area contributed by atoms with Gasteiger partial charge in [0.1, 0.15) is 17.3 Å². The maximum Gasteiger partial charge on any atom is 0.137 e. The van der Waals surface area contributed by atoms with Gasteiger partial charge in [-0.25, -0.2) is 9.67 Å². The van der Waals surface area contributed by atoms with E-state index in [1.165, 1.54) is 48.4 Å². The van der Waals surface area contributed by atoms with E-state index < -0.39 is 0 Å². The van der Waals surface area contributed by atoms with E-state index in [2.05, 4.69) is 112 Å². The van der Waals surface area contributed by atoms with Crippen LogP contribution in [-0.4, -0.2) is 31.8 Å². The number of aromatic nitrogens is 4. The fourth-order valence-corrected chi connectivity index (χ4v) is 8.30. The topological polar surface area (TPSA) is 44.9 Å². The second-order valence-corrected chi connectivity index (χ2v) is 13.9.